The molecule has 45 heavy (non-hydrogen) atoms. The van der Waals surface area contributed by atoms with Gasteiger partial charge in [0.15, 0.2) is 6.10 Å². The van der Waals surface area contributed by atoms with Crippen LogP contribution in [0.1, 0.15) is 40.5 Å². The molecule has 0 aromatic rings. The van der Waals surface area contributed by atoms with Crippen LogP contribution in [0.15, 0.2) is 63.6 Å². The lowest BCUT2D eigenvalue weighted by Gasteiger charge is -2.30. The predicted octanol–water partition coefficient (Wildman–Crippen LogP) is 2.09. The van der Waals surface area contributed by atoms with Crippen LogP contribution in [0.4, 0.5) is 4.79 Å². The summed E-state index contributed by atoms with van der Waals surface area (Å²) in [5.74, 6) is -1.57. The number of rotatable bonds is 7. The Kier molecular flexibility index (Phi) is 14.7. The summed E-state index contributed by atoms with van der Waals surface area (Å²) in [6.45, 7) is 7.97. The highest BCUT2D eigenvalue weighted by Gasteiger charge is 2.32. The van der Waals surface area contributed by atoms with E-state index in [0.29, 0.717) is 25.1 Å². The van der Waals surface area contributed by atoms with Crippen LogP contribution in [-0.4, -0.2) is 99.4 Å². The Balaban J connectivity index is 2.61. The summed E-state index contributed by atoms with van der Waals surface area (Å²) in [5.41, 5.74) is 13.3. The van der Waals surface area contributed by atoms with Gasteiger partial charge in [-0.1, -0.05) is 43.3 Å². The number of ether oxygens (including phenoxy) is 3. The van der Waals surface area contributed by atoms with Gasteiger partial charge in [0.1, 0.15) is 18.4 Å². The van der Waals surface area contributed by atoms with E-state index < -0.39 is 48.1 Å². The van der Waals surface area contributed by atoms with E-state index in [-0.39, 0.29) is 40.6 Å². The number of aliphatic hydroxyl groups excluding tert-OH is 1. The number of ketones is 1. The van der Waals surface area contributed by atoms with Crippen LogP contribution in [0.25, 0.3) is 0 Å². The molecule has 0 saturated carbocycles. The van der Waals surface area contributed by atoms with Gasteiger partial charge in [0.25, 0.3) is 5.91 Å². The summed E-state index contributed by atoms with van der Waals surface area (Å²) >= 11 is 0. The average molecular weight is 632 g/mol. The Morgan fingerprint density at radius 2 is 1.87 bits per heavy atom. The molecule has 2 amide bonds. The minimum atomic E-state index is -0.992. The number of oxime groups is 1. The van der Waals surface area contributed by atoms with Crippen LogP contribution >= 0.6 is 0 Å². The number of primary amides is 1. The van der Waals surface area contributed by atoms with E-state index in [9.17, 15) is 19.5 Å². The van der Waals surface area contributed by atoms with E-state index in [0.717, 1.165) is 0 Å². The number of hydrogen-bond donors (Lipinski definition) is 4. The van der Waals surface area contributed by atoms with E-state index in [4.69, 9.17) is 30.5 Å². The molecule has 0 saturated heterocycles. The fourth-order valence-corrected chi connectivity index (χ4v) is 5.03. The maximum Gasteiger partial charge on any atom is 0.405 e. The van der Waals surface area contributed by atoms with Gasteiger partial charge < -0.3 is 45.8 Å². The van der Waals surface area contributed by atoms with Gasteiger partial charge in [-0.25, -0.2) is 4.79 Å². The smallest absolute Gasteiger partial charge is 0.405 e. The van der Waals surface area contributed by atoms with Crippen molar-refractivity contribution >= 4 is 23.5 Å². The molecule has 250 valence electrons. The van der Waals surface area contributed by atoms with Crippen molar-refractivity contribution in [2.75, 3.05) is 41.5 Å². The molecule has 0 spiro atoms. The molecule has 13 nitrogen and oxygen atoms in total. The maximum absolute atomic E-state index is 13.6. The lowest BCUT2D eigenvalue weighted by molar-refractivity contribution is -0.119. The standard InChI is InChI=1S/C32H49N5O8/c1-18-14-22-27(33)23(36-44-13-12-37(5)6)17-24(29(22)39)35-31(40)19(2)10-9-11-25(42-7)30(45-32(34)41)21(4)16-20(3)28(38)26(15-18)43-8/h9-11,16-18,20,25-26,28,30,38H,12-15,33H2,1-8H3,(H2,34,41)(H,35,40)/b11-9-,19-10+,21-16+,36-23+/t18-,20+,25+,26+,28-,30+/m1/s1. The van der Waals surface area contributed by atoms with Crippen molar-refractivity contribution in [1.29, 1.82) is 0 Å². The van der Waals surface area contributed by atoms with Crippen molar-refractivity contribution in [1.82, 2.24) is 10.2 Å². The fourth-order valence-electron chi connectivity index (χ4n) is 5.03. The van der Waals surface area contributed by atoms with E-state index in [1.807, 2.05) is 32.8 Å². The van der Waals surface area contributed by atoms with Gasteiger partial charge in [-0.05, 0) is 58.4 Å². The van der Waals surface area contributed by atoms with Crippen LogP contribution < -0.4 is 16.8 Å². The Morgan fingerprint density at radius 3 is 2.47 bits per heavy atom. The Labute approximate surface area is 265 Å². The zero-order valence-corrected chi connectivity index (χ0v) is 27.5. The van der Waals surface area contributed by atoms with E-state index in [1.54, 1.807) is 32.1 Å². The molecule has 2 bridgehead atoms. The summed E-state index contributed by atoms with van der Waals surface area (Å²) in [6.07, 6.45) is 4.28. The van der Waals surface area contributed by atoms with Gasteiger partial charge in [0, 0.05) is 37.8 Å². The van der Waals surface area contributed by atoms with Gasteiger partial charge in [-0.2, -0.15) is 0 Å². The third-order valence-corrected chi connectivity index (χ3v) is 7.64. The summed E-state index contributed by atoms with van der Waals surface area (Å²) in [4.78, 5) is 46.0. The molecule has 0 fully saturated rings. The zero-order chi connectivity index (χ0) is 33.8. The van der Waals surface area contributed by atoms with Crippen molar-refractivity contribution in [3.63, 3.8) is 0 Å². The second-order valence-corrected chi connectivity index (χ2v) is 11.7. The van der Waals surface area contributed by atoms with Crippen molar-refractivity contribution in [2.24, 2.45) is 28.5 Å². The van der Waals surface area contributed by atoms with E-state index in [1.165, 1.54) is 26.4 Å². The van der Waals surface area contributed by atoms with Crippen molar-refractivity contribution in [3.05, 3.63) is 58.5 Å². The third kappa shape index (κ3) is 11.0. The topological polar surface area (TPSA) is 188 Å². The summed E-state index contributed by atoms with van der Waals surface area (Å²) in [7, 11) is 6.75. The number of Topliss-reactive ketones (excluding diaryl/α,β-unsaturated/α-hetero) is 1. The minimum absolute atomic E-state index is 0.00229. The molecular weight excluding hydrogens is 582 g/mol. The van der Waals surface area contributed by atoms with Crippen LogP contribution in [-0.2, 0) is 28.6 Å². The van der Waals surface area contributed by atoms with Gasteiger partial charge in [-0.3, -0.25) is 9.59 Å². The number of nitrogens with two attached hydrogens (primary N) is 2. The number of carbonyl (C=O) groups is 3. The maximum atomic E-state index is 13.6. The van der Waals surface area contributed by atoms with Crippen molar-refractivity contribution in [3.8, 4) is 0 Å². The highest BCUT2D eigenvalue weighted by atomic mass is 16.6. The first-order valence-corrected chi connectivity index (χ1v) is 14.8. The van der Waals surface area contributed by atoms with E-state index >= 15 is 0 Å². The Hall–Kier alpha value is -3.78. The van der Waals surface area contributed by atoms with Crippen LogP contribution in [0.2, 0.25) is 0 Å². The van der Waals surface area contributed by atoms with Crippen LogP contribution in [0, 0.1) is 11.8 Å². The Morgan fingerprint density at radius 1 is 1.18 bits per heavy atom. The number of methoxy groups -OCH3 is 2. The number of nitrogens with zero attached hydrogens (tertiary/aromatic N) is 2. The molecule has 0 aromatic carbocycles. The van der Waals surface area contributed by atoms with Gasteiger partial charge in [0.05, 0.1) is 23.6 Å². The van der Waals surface area contributed by atoms with E-state index in [2.05, 4.69) is 10.5 Å². The number of amides is 2. The molecule has 2 rings (SSSR count). The monoisotopic (exact) mass is 631 g/mol. The number of carbonyl (C=O) groups excluding carboxylic acids is 3. The molecule has 1 aliphatic carbocycles. The normalized spacial score (nSPS) is 31.4. The lowest BCUT2D eigenvalue weighted by Crippen LogP contribution is -2.37. The number of hydrogen-bond acceptors (Lipinski definition) is 11. The number of aliphatic hydroxyl groups is 1. The largest absolute Gasteiger partial charge is 0.439 e. The second-order valence-electron chi connectivity index (χ2n) is 11.7. The summed E-state index contributed by atoms with van der Waals surface area (Å²) in [6, 6.07) is 0. The number of likely N-dealkylation sites (N-methyl/N-ethyl adjacent to an activating group) is 1. The summed E-state index contributed by atoms with van der Waals surface area (Å²) in [5, 5.41) is 18.1. The number of nitrogens with one attached hydrogen (secondary N) is 1. The second kappa shape index (κ2) is 17.6. The van der Waals surface area contributed by atoms with Crippen LogP contribution in [0.5, 0.6) is 0 Å². The number of allylic oxidation sites excluding steroid dienone is 4. The Bertz CT molecular complexity index is 1270. The molecule has 0 aromatic heterocycles. The van der Waals surface area contributed by atoms with Crippen molar-refractivity contribution in [2.45, 2.75) is 65.0 Å². The quantitative estimate of drug-likeness (QED) is 0.140. The molecule has 13 heteroatoms. The first-order valence-electron chi connectivity index (χ1n) is 14.8. The SMILES string of the molecule is CO[C@H]1/C=C\C=C(/C)C(=O)NC2=C/C(=N\OCCN(C)C)C(N)=C(C[C@@H](C)C[C@H](OC)[C@H](O)[C@@H](C)/C=C(\C)[C@@H]1OC(N)=O)C2=O. The van der Waals surface area contributed by atoms with Crippen LogP contribution in [0.3, 0.4) is 0 Å². The first kappa shape index (κ1) is 37.4. The fraction of sp³-hybridized carbons (Fsp3) is 0.562. The van der Waals surface area contributed by atoms with Gasteiger partial charge in [0.2, 0.25) is 5.78 Å². The third-order valence-electron chi connectivity index (χ3n) is 7.64. The lowest BCUT2D eigenvalue weighted by atomic mass is 9.85. The highest BCUT2D eigenvalue weighted by Crippen LogP contribution is 2.28. The molecule has 0 unspecified atom stereocenters. The molecule has 1 heterocycles. The predicted molar refractivity (Wildman–Crippen MR) is 171 cm³/mol. The van der Waals surface area contributed by atoms with Crippen molar-refractivity contribution < 1.29 is 38.5 Å². The van der Waals surface area contributed by atoms with Gasteiger partial charge >= 0.3 is 6.09 Å². The first-order chi connectivity index (χ1) is 21.2. The summed E-state index contributed by atoms with van der Waals surface area (Å²) < 4.78 is 16.7. The highest BCUT2D eigenvalue weighted by molar-refractivity contribution is 6.25. The molecule has 2 aliphatic rings. The molecular formula is C32H49N5O8. The number of fused-ring (bicyclic) bond motifs is 2. The molecule has 0 radical (unpaired) electrons. The van der Waals surface area contributed by atoms with Gasteiger partial charge in [-0.15, -0.1) is 0 Å². The minimum Gasteiger partial charge on any atom is -0.439 e. The molecule has 6 atom stereocenters. The molecule has 1 aliphatic heterocycles. The average Bonchev–Trinajstić information content (AvgIpc) is 2.98. The molecule has 6 N–H and O–H groups in total. The zero-order valence-electron chi connectivity index (χ0n) is 27.5.